The lowest BCUT2D eigenvalue weighted by atomic mass is 10.0. The third-order valence-corrected chi connectivity index (χ3v) is 13.5. The summed E-state index contributed by atoms with van der Waals surface area (Å²) in [5.74, 6) is -0.171. The van der Waals surface area contributed by atoms with Gasteiger partial charge < -0.3 is 19.8 Å². The summed E-state index contributed by atoms with van der Waals surface area (Å²) in [5.41, 5.74) is 0. The lowest BCUT2D eigenvalue weighted by Gasteiger charge is -2.25. The number of hydrogen-bond donors (Lipinski definition) is 3. The Morgan fingerprint density at radius 2 is 0.855 bits per heavy atom. The minimum Gasteiger partial charge on any atom is -0.387 e. The van der Waals surface area contributed by atoms with E-state index in [2.05, 4.69) is 19.2 Å². The molecule has 0 saturated carbocycles. The molecule has 0 aliphatic heterocycles. The second-order valence-electron chi connectivity index (χ2n) is 20.0. The van der Waals surface area contributed by atoms with Crippen LogP contribution in [0.5, 0.6) is 0 Å². The van der Waals surface area contributed by atoms with Crippen molar-refractivity contribution in [2.45, 2.75) is 283 Å². The van der Waals surface area contributed by atoms with Crippen molar-refractivity contribution in [3.63, 3.8) is 0 Å². The number of hydrogen-bond acceptors (Lipinski definition) is 5. The summed E-state index contributed by atoms with van der Waals surface area (Å²) in [6.45, 7) is 4.86. The number of aliphatic hydroxyl groups excluding tert-OH is 1. The highest BCUT2D eigenvalue weighted by atomic mass is 31.2. The van der Waals surface area contributed by atoms with Gasteiger partial charge in [0.2, 0.25) is 5.91 Å². The van der Waals surface area contributed by atoms with Crippen molar-refractivity contribution in [3.05, 3.63) is 12.2 Å². The van der Waals surface area contributed by atoms with Crippen LogP contribution in [-0.2, 0) is 18.4 Å². The molecule has 62 heavy (non-hydrogen) atoms. The summed E-state index contributed by atoms with van der Waals surface area (Å²) in [6.07, 6.45) is 54.4. The first-order valence-electron chi connectivity index (χ1n) is 27.1. The maximum absolute atomic E-state index is 12.9. The van der Waals surface area contributed by atoms with Crippen LogP contribution < -0.4 is 5.32 Å². The third-order valence-electron chi connectivity index (χ3n) is 12.5. The van der Waals surface area contributed by atoms with E-state index in [-0.39, 0.29) is 19.1 Å². The topological polar surface area (TPSA) is 105 Å². The van der Waals surface area contributed by atoms with Crippen LogP contribution in [-0.4, -0.2) is 73.4 Å². The number of quaternary nitrogens is 1. The van der Waals surface area contributed by atoms with Crippen LogP contribution in [0.3, 0.4) is 0 Å². The average Bonchev–Trinajstić information content (AvgIpc) is 3.23. The first kappa shape index (κ1) is 61.2. The number of unbranched alkanes of at least 4 members (excludes halogenated alkanes) is 37. The van der Waals surface area contributed by atoms with Crippen LogP contribution in [0, 0.1) is 0 Å². The number of nitrogens with zero attached hydrogens (tertiary/aromatic N) is 1. The molecule has 0 saturated heterocycles. The van der Waals surface area contributed by atoms with E-state index in [4.69, 9.17) is 9.05 Å². The quantitative estimate of drug-likeness (QED) is 0.0243. The minimum atomic E-state index is -4.34. The van der Waals surface area contributed by atoms with Gasteiger partial charge in [0.25, 0.3) is 0 Å². The molecular formula is C53H108N2O6P+. The SMILES string of the molecule is CCCCCCCCCCCCCCCC/C=C/[C@@H](O)[C@H](COP(=O)(O)OCC[N+](C)(C)C)NC(=O)CCCCCCCCCCCCCCCCCCCCCCCCCC. The Hall–Kier alpha value is -0.760. The first-order chi connectivity index (χ1) is 30.0. The molecule has 0 rings (SSSR count). The van der Waals surface area contributed by atoms with Crippen LogP contribution >= 0.6 is 7.82 Å². The van der Waals surface area contributed by atoms with Gasteiger partial charge in [0.15, 0.2) is 0 Å². The van der Waals surface area contributed by atoms with Gasteiger partial charge in [0.05, 0.1) is 39.9 Å². The molecule has 0 aliphatic rings. The predicted molar refractivity (Wildman–Crippen MR) is 268 cm³/mol. The summed E-state index contributed by atoms with van der Waals surface area (Å²) < 4.78 is 23.7. The zero-order chi connectivity index (χ0) is 45.7. The van der Waals surface area contributed by atoms with Crippen molar-refractivity contribution < 1.29 is 32.9 Å². The number of nitrogens with one attached hydrogen (secondary N) is 1. The number of allylic oxidation sites excluding steroid dienone is 1. The molecule has 9 heteroatoms. The fourth-order valence-corrected chi connectivity index (χ4v) is 8.96. The maximum atomic E-state index is 12.9. The summed E-state index contributed by atoms with van der Waals surface area (Å²) in [5, 5.41) is 13.9. The Kier molecular flexibility index (Phi) is 44.8. The van der Waals surface area contributed by atoms with Crippen molar-refractivity contribution in [2.24, 2.45) is 0 Å². The molecule has 1 amide bonds. The van der Waals surface area contributed by atoms with Crippen LogP contribution in [0.25, 0.3) is 0 Å². The van der Waals surface area contributed by atoms with E-state index in [0.29, 0.717) is 17.4 Å². The van der Waals surface area contributed by atoms with Gasteiger partial charge in [0, 0.05) is 6.42 Å². The monoisotopic (exact) mass is 900 g/mol. The number of amides is 1. The predicted octanol–water partition coefficient (Wildman–Crippen LogP) is 15.9. The van der Waals surface area contributed by atoms with Gasteiger partial charge in [-0.3, -0.25) is 13.8 Å². The summed E-state index contributed by atoms with van der Waals surface area (Å²) in [7, 11) is 1.59. The lowest BCUT2D eigenvalue weighted by Crippen LogP contribution is -2.45. The zero-order valence-electron chi connectivity index (χ0n) is 42.1. The number of carbonyl (C=O) groups excluding carboxylic acids is 1. The molecule has 0 radical (unpaired) electrons. The maximum Gasteiger partial charge on any atom is 0.472 e. The minimum absolute atomic E-state index is 0.0650. The molecule has 1 unspecified atom stereocenters. The van der Waals surface area contributed by atoms with Crippen molar-refractivity contribution >= 4 is 13.7 Å². The van der Waals surface area contributed by atoms with Crippen LogP contribution in [0.1, 0.15) is 271 Å². The molecule has 0 spiro atoms. The number of aliphatic hydroxyl groups is 1. The van der Waals surface area contributed by atoms with Gasteiger partial charge in [-0.15, -0.1) is 0 Å². The second kappa shape index (κ2) is 45.4. The molecule has 0 aliphatic carbocycles. The van der Waals surface area contributed by atoms with E-state index in [1.807, 2.05) is 27.2 Å². The second-order valence-corrected chi connectivity index (χ2v) is 21.4. The molecule has 0 aromatic heterocycles. The zero-order valence-corrected chi connectivity index (χ0v) is 43.0. The summed E-state index contributed by atoms with van der Waals surface area (Å²) in [6, 6.07) is -0.841. The summed E-state index contributed by atoms with van der Waals surface area (Å²) >= 11 is 0. The van der Waals surface area contributed by atoms with Gasteiger partial charge in [-0.05, 0) is 19.3 Å². The van der Waals surface area contributed by atoms with Gasteiger partial charge >= 0.3 is 7.82 Å². The van der Waals surface area contributed by atoms with Gasteiger partial charge in [-0.1, -0.05) is 257 Å². The lowest BCUT2D eigenvalue weighted by molar-refractivity contribution is -0.870. The van der Waals surface area contributed by atoms with Crippen LogP contribution in [0.2, 0.25) is 0 Å². The Balaban J connectivity index is 4.18. The number of phosphoric ester groups is 1. The largest absolute Gasteiger partial charge is 0.472 e. The van der Waals surface area contributed by atoms with Gasteiger partial charge in [-0.25, -0.2) is 4.57 Å². The van der Waals surface area contributed by atoms with Crippen LogP contribution in [0.15, 0.2) is 12.2 Å². The highest BCUT2D eigenvalue weighted by Crippen LogP contribution is 2.43. The Labute approximate surface area is 386 Å². The average molecular weight is 900 g/mol. The van der Waals surface area contributed by atoms with Crippen molar-refractivity contribution in [2.75, 3.05) is 40.9 Å². The van der Waals surface area contributed by atoms with Crippen LogP contribution in [0.4, 0.5) is 0 Å². The first-order valence-corrected chi connectivity index (χ1v) is 28.6. The number of phosphoric acid groups is 1. The standard InChI is InChI=1S/C53H107N2O6P/c1-6-8-10-12-14-16-18-20-22-24-25-26-27-28-29-30-31-33-35-37-39-41-43-45-47-53(57)54-51(50-61-62(58,59)60-49-48-55(3,4)5)52(56)46-44-42-40-38-36-34-32-23-21-19-17-15-13-11-9-7-2/h44,46,51-52,56H,6-43,45,47-50H2,1-5H3,(H-,54,57,58,59)/p+1/b46-44+/t51-,52+/m0/s1. The van der Waals surface area contributed by atoms with Crippen molar-refractivity contribution in [3.8, 4) is 0 Å². The van der Waals surface area contributed by atoms with E-state index >= 15 is 0 Å². The summed E-state index contributed by atoms with van der Waals surface area (Å²) in [4.78, 5) is 23.2. The Morgan fingerprint density at radius 1 is 0.532 bits per heavy atom. The highest BCUT2D eigenvalue weighted by molar-refractivity contribution is 7.47. The molecule has 8 nitrogen and oxygen atoms in total. The molecule has 370 valence electrons. The normalized spacial score (nSPS) is 14.1. The molecule has 0 fully saturated rings. The molecular weight excluding hydrogens is 792 g/mol. The highest BCUT2D eigenvalue weighted by Gasteiger charge is 2.27. The number of rotatable bonds is 50. The van der Waals surface area contributed by atoms with E-state index in [1.54, 1.807) is 6.08 Å². The Morgan fingerprint density at radius 3 is 1.19 bits per heavy atom. The molecule has 0 aromatic rings. The number of likely N-dealkylation sites (N-methyl/N-ethyl adjacent to an activating group) is 1. The van der Waals surface area contributed by atoms with Crippen molar-refractivity contribution in [1.29, 1.82) is 0 Å². The molecule has 0 heterocycles. The fraction of sp³-hybridized carbons (Fsp3) is 0.943. The molecule has 0 aromatic carbocycles. The molecule has 0 bridgehead atoms. The third kappa shape index (κ3) is 47.2. The smallest absolute Gasteiger partial charge is 0.387 e. The fourth-order valence-electron chi connectivity index (χ4n) is 8.22. The van der Waals surface area contributed by atoms with Gasteiger partial charge in [-0.2, -0.15) is 0 Å². The van der Waals surface area contributed by atoms with E-state index in [9.17, 15) is 19.4 Å². The van der Waals surface area contributed by atoms with E-state index in [1.165, 1.54) is 218 Å². The molecule has 3 N–H and O–H groups in total. The Bertz CT molecular complexity index is 1020. The van der Waals surface area contributed by atoms with Gasteiger partial charge in [0.1, 0.15) is 13.2 Å². The van der Waals surface area contributed by atoms with Crippen molar-refractivity contribution in [1.82, 2.24) is 5.32 Å². The molecule has 3 atom stereocenters. The number of carbonyl (C=O) groups is 1. The van der Waals surface area contributed by atoms with E-state index < -0.39 is 20.0 Å². The van der Waals surface area contributed by atoms with E-state index in [0.717, 1.165) is 32.1 Å².